The predicted octanol–water partition coefficient (Wildman–Crippen LogP) is 3.99. The largest absolute Gasteiger partial charge is 0.310 e. The summed E-state index contributed by atoms with van der Waals surface area (Å²) in [6.07, 6.45) is 0.116. The van der Waals surface area contributed by atoms with Crippen LogP contribution in [-0.4, -0.2) is 30.0 Å². The van der Waals surface area contributed by atoms with E-state index in [4.69, 9.17) is 11.6 Å². The highest BCUT2D eigenvalue weighted by Gasteiger charge is 2.27. The molecule has 2 aromatic carbocycles. The number of hydrogen-bond acceptors (Lipinski definition) is 5. The molecule has 0 bridgehead atoms. The van der Waals surface area contributed by atoms with Crippen LogP contribution in [0.4, 0.5) is 11.5 Å². The molecule has 8 nitrogen and oxygen atoms in total. The molecule has 0 spiro atoms. The number of rotatable bonds is 4. The van der Waals surface area contributed by atoms with Gasteiger partial charge in [-0.2, -0.15) is 9.78 Å². The Kier molecular flexibility index (Phi) is 5.32. The van der Waals surface area contributed by atoms with Crippen LogP contribution in [-0.2, 0) is 14.8 Å². The number of para-hydroxylation sites is 1. The average Bonchev–Trinajstić information content (AvgIpc) is 2.97. The van der Waals surface area contributed by atoms with E-state index in [0.717, 1.165) is 0 Å². The predicted molar refractivity (Wildman–Crippen MR) is 118 cm³/mol. The lowest BCUT2D eigenvalue weighted by molar-refractivity contribution is -0.116. The van der Waals surface area contributed by atoms with Crippen molar-refractivity contribution < 1.29 is 18.0 Å². The van der Waals surface area contributed by atoms with E-state index in [1.807, 2.05) is 0 Å². The van der Waals surface area contributed by atoms with Crippen LogP contribution >= 0.6 is 11.6 Å². The minimum absolute atomic E-state index is 0.0503. The number of aromatic nitrogens is 2. The van der Waals surface area contributed by atoms with Crippen molar-refractivity contribution in [2.24, 2.45) is 0 Å². The van der Waals surface area contributed by atoms with Gasteiger partial charge in [-0.25, -0.2) is 8.42 Å². The summed E-state index contributed by atoms with van der Waals surface area (Å²) in [7, 11) is -3.96. The van der Waals surface area contributed by atoms with Crippen LogP contribution in [0, 0.1) is 13.8 Å². The smallest absolute Gasteiger partial charge is 0.262 e. The highest BCUT2D eigenvalue weighted by atomic mass is 35.5. The number of aryl methyl sites for hydroxylation is 2. The normalized spacial score (nSPS) is 14.0. The van der Waals surface area contributed by atoms with Crippen LogP contribution in [0.1, 0.15) is 28.9 Å². The Morgan fingerprint density at radius 1 is 1.10 bits per heavy atom. The fourth-order valence-electron chi connectivity index (χ4n) is 3.48. The molecule has 0 atom stereocenters. The molecular weight excluding hydrogens is 440 g/mol. The fourth-order valence-corrected chi connectivity index (χ4v) is 5.07. The highest BCUT2D eigenvalue weighted by Crippen LogP contribution is 2.35. The number of benzene rings is 2. The zero-order valence-corrected chi connectivity index (χ0v) is 18.3. The molecule has 160 valence electrons. The average molecular weight is 459 g/mol. The molecular formula is C21H19ClN4O4S. The van der Waals surface area contributed by atoms with Crippen molar-refractivity contribution in [3.63, 3.8) is 0 Å². The third-order valence-corrected chi connectivity index (χ3v) is 6.84. The van der Waals surface area contributed by atoms with E-state index >= 15 is 0 Å². The quantitative estimate of drug-likeness (QED) is 0.614. The van der Waals surface area contributed by atoms with Gasteiger partial charge in [0, 0.05) is 18.4 Å². The van der Waals surface area contributed by atoms with Gasteiger partial charge in [0.2, 0.25) is 11.8 Å². The fraction of sp³-hybridized carbons (Fsp3) is 0.190. The molecule has 1 aromatic heterocycles. The molecule has 2 N–H and O–H groups in total. The van der Waals surface area contributed by atoms with Crippen molar-refractivity contribution in [2.75, 3.05) is 10.0 Å². The second kappa shape index (κ2) is 7.82. The number of carbonyl (C=O) groups is 2. The zero-order chi connectivity index (χ0) is 22.3. The van der Waals surface area contributed by atoms with Gasteiger partial charge in [-0.05, 0) is 43.2 Å². The molecule has 31 heavy (non-hydrogen) atoms. The second-order valence-electron chi connectivity index (χ2n) is 7.23. The van der Waals surface area contributed by atoms with Crippen molar-refractivity contribution in [3.8, 4) is 11.1 Å². The first kappa shape index (κ1) is 21.1. The van der Waals surface area contributed by atoms with Gasteiger partial charge in [-0.1, -0.05) is 35.9 Å². The summed E-state index contributed by atoms with van der Waals surface area (Å²) in [4.78, 5) is 24.5. The van der Waals surface area contributed by atoms with Crippen molar-refractivity contribution in [1.82, 2.24) is 9.78 Å². The third-order valence-electron chi connectivity index (χ3n) is 5.00. The van der Waals surface area contributed by atoms with Crippen LogP contribution in [0.2, 0.25) is 5.02 Å². The van der Waals surface area contributed by atoms with E-state index in [-0.39, 0.29) is 46.1 Å². The molecule has 0 aliphatic carbocycles. The lowest BCUT2D eigenvalue weighted by Gasteiger charge is -2.14. The van der Waals surface area contributed by atoms with Gasteiger partial charge in [0.25, 0.3) is 10.0 Å². The molecule has 3 aromatic rings. The van der Waals surface area contributed by atoms with E-state index < -0.39 is 10.0 Å². The van der Waals surface area contributed by atoms with Crippen LogP contribution < -0.4 is 10.0 Å². The minimum Gasteiger partial charge on any atom is -0.310 e. The SMILES string of the molecule is Cc1ccc(-c2c(C)nn3c2NC(=O)CCC3=O)cc1S(=O)(=O)Nc1ccccc1Cl. The first-order valence-corrected chi connectivity index (χ1v) is 11.3. The van der Waals surface area contributed by atoms with E-state index in [1.165, 1.54) is 10.7 Å². The molecule has 0 fully saturated rings. The van der Waals surface area contributed by atoms with Crippen LogP contribution in [0.15, 0.2) is 47.4 Å². The maximum atomic E-state index is 13.1. The highest BCUT2D eigenvalue weighted by molar-refractivity contribution is 7.92. The summed E-state index contributed by atoms with van der Waals surface area (Å²) in [5, 5.41) is 7.26. The number of nitrogens with zero attached hydrogens (tertiary/aromatic N) is 2. The van der Waals surface area contributed by atoms with Crippen molar-refractivity contribution in [3.05, 3.63) is 58.7 Å². The standard InChI is InChI=1S/C21H19ClN4O4S/c1-12-7-8-14(11-17(12)31(29,30)25-16-6-4-3-5-15(16)22)20-13(2)24-26-19(28)10-9-18(27)23-21(20)26/h3-8,11,25H,9-10H2,1-2H3,(H,23,27). The number of sulfonamides is 1. The number of nitrogens with one attached hydrogen (secondary N) is 2. The summed E-state index contributed by atoms with van der Waals surface area (Å²) >= 11 is 6.10. The van der Waals surface area contributed by atoms with E-state index in [2.05, 4.69) is 15.1 Å². The Labute approximate surface area is 184 Å². The summed E-state index contributed by atoms with van der Waals surface area (Å²) in [6.45, 7) is 3.38. The Balaban J connectivity index is 1.82. The first-order valence-electron chi connectivity index (χ1n) is 9.48. The van der Waals surface area contributed by atoms with Gasteiger partial charge in [-0.15, -0.1) is 0 Å². The van der Waals surface area contributed by atoms with Crippen LogP contribution in [0.5, 0.6) is 0 Å². The monoisotopic (exact) mass is 458 g/mol. The maximum Gasteiger partial charge on any atom is 0.262 e. The Hall–Kier alpha value is -3.17. The van der Waals surface area contributed by atoms with Gasteiger partial charge in [0.05, 0.1) is 21.3 Å². The van der Waals surface area contributed by atoms with E-state index in [9.17, 15) is 18.0 Å². The lowest BCUT2D eigenvalue weighted by atomic mass is 10.0. The lowest BCUT2D eigenvalue weighted by Crippen LogP contribution is -2.15. The molecule has 4 rings (SSSR count). The van der Waals surface area contributed by atoms with Crippen LogP contribution in [0.3, 0.4) is 0 Å². The summed E-state index contributed by atoms with van der Waals surface area (Å²) in [6, 6.07) is 11.4. The molecule has 1 amide bonds. The van der Waals surface area contributed by atoms with E-state index in [0.29, 0.717) is 22.4 Å². The Morgan fingerprint density at radius 3 is 2.58 bits per heavy atom. The molecule has 0 saturated carbocycles. The van der Waals surface area contributed by atoms with Crippen molar-refractivity contribution in [2.45, 2.75) is 31.6 Å². The summed E-state index contributed by atoms with van der Waals surface area (Å²) in [5.74, 6) is -0.354. The molecule has 0 radical (unpaired) electrons. The molecule has 0 unspecified atom stereocenters. The first-order chi connectivity index (χ1) is 14.7. The number of hydrogen-bond donors (Lipinski definition) is 2. The molecule has 1 aliphatic rings. The number of halogens is 1. The topological polar surface area (TPSA) is 110 Å². The van der Waals surface area contributed by atoms with Crippen molar-refractivity contribution in [1.29, 1.82) is 0 Å². The van der Waals surface area contributed by atoms with Crippen LogP contribution in [0.25, 0.3) is 11.1 Å². The Morgan fingerprint density at radius 2 is 1.84 bits per heavy atom. The van der Waals surface area contributed by atoms with Gasteiger partial charge < -0.3 is 5.32 Å². The van der Waals surface area contributed by atoms with Gasteiger partial charge in [0.15, 0.2) is 0 Å². The van der Waals surface area contributed by atoms with Crippen molar-refractivity contribution >= 4 is 44.9 Å². The third kappa shape index (κ3) is 3.94. The number of anilines is 2. The number of carbonyl (C=O) groups excluding carboxylic acids is 2. The molecule has 10 heteroatoms. The van der Waals surface area contributed by atoms with Gasteiger partial charge in [0.1, 0.15) is 5.82 Å². The van der Waals surface area contributed by atoms with Gasteiger partial charge >= 0.3 is 0 Å². The number of amides is 1. The molecule has 0 saturated heterocycles. The van der Waals surface area contributed by atoms with E-state index in [1.54, 1.807) is 50.2 Å². The van der Waals surface area contributed by atoms with Gasteiger partial charge in [-0.3, -0.25) is 14.3 Å². The Bertz CT molecular complexity index is 1330. The second-order valence-corrected chi connectivity index (χ2v) is 9.29. The summed E-state index contributed by atoms with van der Waals surface area (Å²) < 4.78 is 29.9. The molecule has 2 heterocycles. The maximum absolute atomic E-state index is 13.1. The number of fused-ring (bicyclic) bond motifs is 1. The minimum atomic E-state index is -3.96. The molecule has 1 aliphatic heterocycles. The summed E-state index contributed by atoms with van der Waals surface area (Å²) in [5.41, 5.74) is 2.30. The zero-order valence-electron chi connectivity index (χ0n) is 16.8.